The number of hydrogen-bond acceptors (Lipinski definition) is 7. The van der Waals surface area contributed by atoms with Gasteiger partial charge in [-0.3, -0.25) is 4.79 Å². The van der Waals surface area contributed by atoms with Crippen molar-refractivity contribution in [1.82, 2.24) is 20.0 Å². The molecule has 9 nitrogen and oxygen atoms in total. The Balaban J connectivity index is 1.78. The molecule has 2 aromatic heterocycles. The highest BCUT2D eigenvalue weighted by atomic mass is 19.4. The van der Waals surface area contributed by atoms with Gasteiger partial charge in [-0.05, 0) is 30.7 Å². The minimum atomic E-state index is -4.87. The van der Waals surface area contributed by atoms with Gasteiger partial charge in [0.1, 0.15) is 0 Å². The number of aromatic nitrogens is 4. The van der Waals surface area contributed by atoms with E-state index in [1.807, 2.05) is 6.92 Å². The van der Waals surface area contributed by atoms with Crippen molar-refractivity contribution in [3.05, 3.63) is 59.4 Å². The summed E-state index contributed by atoms with van der Waals surface area (Å²) in [6, 6.07) is 9.21. The Morgan fingerprint density at radius 1 is 1.12 bits per heavy atom. The summed E-state index contributed by atoms with van der Waals surface area (Å²) in [5.41, 5.74) is -0.867. The zero-order valence-corrected chi connectivity index (χ0v) is 17.9. The van der Waals surface area contributed by atoms with E-state index in [4.69, 9.17) is 14.2 Å². The smallest absolute Gasteiger partial charge is 0.434 e. The zero-order chi connectivity index (χ0) is 23.8. The van der Waals surface area contributed by atoms with E-state index in [2.05, 4.69) is 20.6 Å². The van der Waals surface area contributed by atoms with Crippen molar-refractivity contribution < 1.29 is 32.2 Å². The van der Waals surface area contributed by atoms with Crippen molar-refractivity contribution in [2.45, 2.75) is 19.7 Å². The summed E-state index contributed by atoms with van der Waals surface area (Å²) in [6.45, 7) is 3.58. The Labute approximate surface area is 187 Å². The molecule has 0 radical (unpaired) electrons. The van der Waals surface area contributed by atoms with Crippen LogP contribution in [0.1, 0.15) is 28.5 Å². The summed E-state index contributed by atoms with van der Waals surface area (Å²) in [5.74, 6) is -1.06. The van der Waals surface area contributed by atoms with Crippen LogP contribution in [0.3, 0.4) is 0 Å². The number of amides is 1. The van der Waals surface area contributed by atoms with Gasteiger partial charge in [-0.2, -0.15) is 18.3 Å². The third kappa shape index (κ3) is 6.26. The summed E-state index contributed by atoms with van der Waals surface area (Å²) in [4.78, 5) is 12.7. The van der Waals surface area contributed by atoms with Gasteiger partial charge in [0.05, 0.1) is 38.7 Å². The van der Waals surface area contributed by atoms with E-state index in [0.717, 1.165) is 11.8 Å². The van der Waals surface area contributed by atoms with Crippen LogP contribution in [0.25, 0.3) is 5.82 Å². The van der Waals surface area contributed by atoms with E-state index in [1.54, 1.807) is 24.3 Å². The van der Waals surface area contributed by atoms with Gasteiger partial charge >= 0.3 is 6.18 Å². The first-order valence-corrected chi connectivity index (χ1v) is 9.92. The molecule has 3 aromatic rings. The van der Waals surface area contributed by atoms with Gasteiger partial charge in [0.15, 0.2) is 11.5 Å². The molecule has 1 amide bonds. The molecule has 0 unspecified atom stereocenters. The average molecular weight is 465 g/mol. The summed E-state index contributed by atoms with van der Waals surface area (Å²) in [5, 5.41) is 13.5. The molecule has 0 saturated heterocycles. The number of nitrogens with one attached hydrogen (secondary N) is 1. The second-order valence-corrected chi connectivity index (χ2v) is 6.65. The number of alkyl halides is 3. The van der Waals surface area contributed by atoms with E-state index in [0.29, 0.717) is 30.2 Å². The lowest BCUT2D eigenvalue weighted by molar-refractivity contribution is -0.143. The molecule has 0 bridgehead atoms. The van der Waals surface area contributed by atoms with E-state index in [-0.39, 0.29) is 18.3 Å². The topological polar surface area (TPSA) is 100 Å². The molecule has 0 aliphatic heterocycles. The Morgan fingerprint density at radius 2 is 1.91 bits per heavy atom. The number of ether oxygens (including phenoxy) is 3. The molecule has 1 aromatic carbocycles. The molecule has 0 spiro atoms. The van der Waals surface area contributed by atoms with E-state index >= 15 is 0 Å². The van der Waals surface area contributed by atoms with Crippen LogP contribution in [0.15, 0.2) is 42.6 Å². The number of methoxy groups -OCH3 is 1. The summed E-state index contributed by atoms with van der Waals surface area (Å²) < 4.78 is 57.5. The summed E-state index contributed by atoms with van der Waals surface area (Å²) in [7, 11) is 1.35. The highest BCUT2D eigenvalue weighted by Gasteiger charge is 2.41. The number of nitrogens with zero attached hydrogens (tertiary/aromatic N) is 4. The van der Waals surface area contributed by atoms with Crippen LogP contribution >= 0.6 is 0 Å². The molecule has 0 fully saturated rings. The number of hydrogen-bond donors (Lipinski definition) is 1. The molecule has 0 aliphatic rings. The van der Waals surface area contributed by atoms with E-state index < -0.39 is 23.3 Å². The van der Waals surface area contributed by atoms with Gasteiger partial charge in [0.2, 0.25) is 5.88 Å². The maximum absolute atomic E-state index is 13.8. The number of carbonyl (C=O) groups is 1. The molecule has 1 N–H and O–H groups in total. The van der Waals surface area contributed by atoms with Crippen LogP contribution in [0.4, 0.5) is 18.9 Å². The molecule has 33 heavy (non-hydrogen) atoms. The molecule has 0 aliphatic carbocycles. The molecule has 2 heterocycles. The molecule has 0 saturated carbocycles. The van der Waals surface area contributed by atoms with Gasteiger partial charge in [0.25, 0.3) is 5.91 Å². The SMILES string of the molecule is CCOCCOCc1cccc(NC(=O)c2cnn(-c3ccc(OC)nn3)c2C(F)(F)F)c1. The number of rotatable bonds is 10. The van der Waals surface area contributed by atoms with Gasteiger partial charge in [-0.15, -0.1) is 10.2 Å². The van der Waals surface area contributed by atoms with Crippen molar-refractivity contribution in [2.24, 2.45) is 0 Å². The normalized spacial score (nSPS) is 11.4. The van der Waals surface area contributed by atoms with Crippen molar-refractivity contribution >= 4 is 11.6 Å². The molecular weight excluding hydrogens is 443 g/mol. The van der Waals surface area contributed by atoms with Crippen LogP contribution < -0.4 is 10.1 Å². The van der Waals surface area contributed by atoms with Crippen LogP contribution in [-0.4, -0.2) is 52.8 Å². The fourth-order valence-corrected chi connectivity index (χ4v) is 2.89. The molecular formula is C21H22F3N5O4. The first-order chi connectivity index (χ1) is 15.8. The second-order valence-electron chi connectivity index (χ2n) is 6.65. The first-order valence-electron chi connectivity index (χ1n) is 9.92. The largest absolute Gasteiger partial charge is 0.480 e. The monoisotopic (exact) mass is 465 g/mol. The maximum atomic E-state index is 13.8. The van der Waals surface area contributed by atoms with E-state index in [1.165, 1.54) is 19.2 Å². The first kappa shape index (κ1) is 24.1. The predicted molar refractivity (Wildman–Crippen MR) is 111 cm³/mol. The van der Waals surface area contributed by atoms with Gasteiger partial charge in [-0.25, -0.2) is 4.68 Å². The van der Waals surface area contributed by atoms with E-state index in [9.17, 15) is 18.0 Å². The summed E-state index contributed by atoms with van der Waals surface area (Å²) in [6.07, 6.45) is -4.04. The lowest BCUT2D eigenvalue weighted by Gasteiger charge is -2.12. The number of halogens is 3. The Bertz CT molecular complexity index is 1070. The van der Waals surface area contributed by atoms with Crippen LogP contribution in [0.5, 0.6) is 5.88 Å². The van der Waals surface area contributed by atoms with Crippen LogP contribution in [-0.2, 0) is 22.3 Å². The highest BCUT2D eigenvalue weighted by molar-refractivity contribution is 6.05. The minimum Gasteiger partial charge on any atom is -0.480 e. The number of benzene rings is 1. The standard InChI is InChI=1S/C21H22F3N5O4/c1-3-32-9-10-33-13-14-5-4-6-15(11-14)26-20(30)16-12-25-29(19(16)21(22,23)24)17-7-8-18(31-2)28-27-17/h4-8,11-12H,3,9-10,13H2,1-2H3,(H,26,30). The summed E-state index contributed by atoms with van der Waals surface area (Å²) >= 11 is 0. The van der Waals surface area contributed by atoms with Gasteiger partial charge < -0.3 is 19.5 Å². The highest BCUT2D eigenvalue weighted by Crippen LogP contribution is 2.33. The van der Waals surface area contributed by atoms with Crippen molar-refractivity contribution in [1.29, 1.82) is 0 Å². The fraction of sp³-hybridized carbons (Fsp3) is 0.333. The third-order valence-corrected chi connectivity index (χ3v) is 4.36. The number of anilines is 1. The predicted octanol–water partition coefficient (Wildman–Crippen LogP) is 3.50. The lowest BCUT2D eigenvalue weighted by atomic mass is 10.2. The minimum absolute atomic E-state index is 0.124. The lowest BCUT2D eigenvalue weighted by Crippen LogP contribution is -2.21. The molecule has 0 atom stereocenters. The third-order valence-electron chi connectivity index (χ3n) is 4.36. The van der Waals surface area contributed by atoms with Crippen molar-refractivity contribution in [3.63, 3.8) is 0 Å². The van der Waals surface area contributed by atoms with Crippen LogP contribution in [0.2, 0.25) is 0 Å². The van der Waals surface area contributed by atoms with Crippen molar-refractivity contribution in [2.75, 3.05) is 32.2 Å². The van der Waals surface area contributed by atoms with Crippen molar-refractivity contribution in [3.8, 4) is 11.7 Å². The Hall–Kier alpha value is -3.51. The second kappa shape index (κ2) is 10.9. The molecule has 12 heteroatoms. The Kier molecular flexibility index (Phi) is 7.96. The maximum Gasteiger partial charge on any atom is 0.434 e. The molecule has 3 rings (SSSR count). The zero-order valence-electron chi connectivity index (χ0n) is 17.9. The van der Waals surface area contributed by atoms with Gasteiger partial charge in [0, 0.05) is 18.4 Å². The van der Waals surface area contributed by atoms with Crippen LogP contribution in [0, 0.1) is 0 Å². The Morgan fingerprint density at radius 3 is 2.58 bits per heavy atom. The average Bonchev–Trinajstić information content (AvgIpc) is 3.25. The number of carbonyl (C=O) groups excluding carboxylic acids is 1. The van der Waals surface area contributed by atoms with Gasteiger partial charge in [-0.1, -0.05) is 12.1 Å². The quantitative estimate of drug-likeness (QED) is 0.458. The molecule has 176 valence electrons. The fourth-order valence-electron chi connectivity index (χ4n) is 2.89.